The van der Waals surface area contributed by atoms with E-state index in [1.54, 1.807) is 25.1 Å². The maximum absolute atomic E-state index is 12.4. The van der Waals surface area contributed by atoms with Crippen molar-refractivity contribution in [3.63, 3.8) is 0 Å². The van der Waals surface area contributed by atoms with Crippen molar-refractivity contribution in [1.29, 1.82) is 0 Å². The molecule has 0 heterocycles. The number of hydrogen-bond donors (Lipinski definition) is 2. The number of benzene rings is 1. The second-order valence-corrected chi connectivity index (χ2v) is 6.19. The second-order valence-electron chi connectivity index (χ2n) is 4.91. The lowest BCUT2D eigenvalue weighted by Crippen LogP contribution is -2.47. The predicted molar refractivity (Wildman–Crippen MR) is 88.2 cm³/mol. The van der Waals surface area contributed by atoms with Gasteiger partial charge in [0.1, 0.15) is 0 Å². The molecule has 0 radical (unpaired) electrons. The molecule has 2 atom stereocenters. The Morgan fingerprint density at radius 3 is 2.55 bits per heavy atom. The molecule has 0 aromatic heterocycles. The SMILES string of the molecule is CCC(C)(C(=O)NC(C)c1ccc(Cl)cc1Cl)C(N)=S. The summed E-state index contributed by atoms with van der Waals surface area (Å²) < 4.78 is 0. The average Bonchev–Trinajstić information content (AvgIpc) is 2.36. The number of carbonyl (C=O) groups excluding carboxylic acids is 1. The number of nitrogens with two attached hydrogens (primary N) is 1. The lowest BCUT2D eigenvalue weighted by Gasteiger charge is -2.28. The van der Waals surface area contributed by atoms with Gasteiger partial charge in [-0.15, -0.1) is 0 Å². The number of amides is 1. The summed E-state index contributed by atoms with van der Waals surface area (Å²) in [7, 11) is 0. The number of thiocarbonyl (C=S) groups is 1. The first-order valence-electron chi connectivity index (χ1n) is 6.28. The lowest BCUT2D eigenvalue weighted by atomic mass is 9.86. The molecule has 3 nitrogen and oxygen atoms in total. The zero-order chi connectivity index (χ0) is 15.5. The van der Waals surface area contributed by atoms with Crippen molar-refractivity contribution in [2.24, 2.45) is 11.1 Å². The van der Waals surface area contributed by atoms with E-state index in [0.29, 0.717) is 16.5 Å². The van der Waals surface area contributed by atoms with Crippen molar-refractivity contribution in [2.45, 2.75) is 33.2 Å². The van der Waals surface area contributed by atoms with Gasteiger partial charge in [-0.25, -0.2) is 0 Å². The maximum atomic E-state index is 12.4. The first-order valence-corrected chi connectivity index (χ1v) is 7.44. The van der Waals surface area contributed by atoms with E-state index in [4.69, 9.17) is 41.2 Å². The quantitative estimate of drug-likeness (QED) is 0.804. The highest BCUT2D eigenvalue weighted by Crippen LogP contribution is 2.28. The predicted octanol–water partition coefficient (Wildman–Crippen LogP) is 3.87. The normalized spacial score (nSPS) is 15.2. The van der Waals surface area contributed by atoms with Crippen molar-refractivity contribution >= 4 is 46.3 Å². The number of rotatable bonds is 5. The molecular formula is C14H18Cl2N2OS. The fourth-order valence-electron chi connectivity index (χ4n) is 1.73. The van der Waals surface area contributed by atoms with Crippen molar-refractivity contribution in [3.8, 4) is 0 Å². The third-order valence-electron chi connectivity index (χ3n) is 3.53. The molecule has 1 amide bonds. The Morgan fingerprint density at radius 1 is 1.50 bits per heavy atom. The number of carbonyl (C=O) groups is 1. The minimum Gasteiger partial charge on any atom is -0.392 e. The maximum Gasteiger partial charge on any atom is 0.233 e. The second kappa shape index (κ2) is 6.74. The van der Waals surface area contributed by atoms with Crippen molar-refractivity contribution in [1.82, 2.24) is 5.32 Å². The van der Waals surface area contributed by atoms with Crippen LogP contribution in [0.15, 0.2) is 18.2 Å². The summed E-state index contributed by atoms with van der Waals surface area (Å²) in [6, 6.07) is 4.92. The van der Waals surface area contributed by atoms with E-state index in [9.17, 15) is 4.79 Å². The Balaban J connectivity index is 2.92. The largest absolute Gasteiger partial charge is 0.392 e. The van der Waals surface area contributed by atoms with Crippen LogP contribution in [0, 0.1) is 5.41 Å². The zero-order valence-electron chi connectivity index (χ0n) is 11.7. The van der Waals surface area contributed by atoms with Gasteiger partial charge in [0.15, 0.2) is 0 Å². The van der Waals surface area contributed by atoms with Gasteiger partial charge in [0.2, 0.25) is 5.91 Å². The average molecular weight is 333 g/mol. The highest BCUT2D eigenvalue weighted by molar-refractivity contribution is 7.80. The fraction of sp³-hybridized carbons (Fsp3) is 0.429. The fourth-order valence-corrected chi connectivity index (χ4v) is 2.54. The van der Waals surface area contributed by atoms with Gasteiger partial charge in [-0.3, -0.25) is 4.79 Å². The first kappa shape index (κ1) is 17.2. The van der Waals surface area contributed by atoms with Crippen LogP contribution in [-0.4, -0.2) is 10.9 Å². The number of hydrogen-bond acceptors (Lipinski definition) is 2. The Hall–Kier alpha value is -0.840. The summed E-state index contributed by atoms with van der Waals surface area (Å²) in [4.78, 5) is 12.5. The Labute approximate surface area is 134 Å². The topological polar surface area (TPSA) is 55.1 Å². The van der Waals surface area contributed by atoms with Crippen LogP contribution >= 0.6 is 35.4 Å². The van der Waals surface area contributed by atoms with E-state index in [2.05, 4.69) is 5.32 Å². The van der Waals surface area contributed by atoms with Crippen molar-refractivity contribution in [3.05, 3.63) is 33.8 Å². The van der Waals surface area contributed by atoms with E-state index in [1.807, 2.05) is 13.8 Å². The summed E-state index contributed by atoms with van der Waals surface area (Å²) in [5, 5.41) is 3.96. The summed E-state index contributed by atoms with van der Waals surface area (Å²) in [5.74, 6) is -0.203. The van der Waals surface area contributed by atoms with E-state index < -0.39 is 5.41 Å². The van der Waals surface area contributed by atoms with Crippen molar-refractivity contribution in [2.75, 3.05) is 0 Å². The van der Waals surface area contributed by atoms with E-state index in [1.165, 1.54) is 0 Å². The van der Waals surface area contributed by atoms with E-state index in [0.717, 1.165) is 5.56 Å². The molecule has 0 saturated heterocycles. The van der Waals surface area contributed by atoms with Gasteiger partial charge in [-0.2, -0.15) is 0 Å². The van der Waals surface area contributed by atoms with Crippen LogP contribution in [0.25, 0.3) is 0 Å². The van der Waals surface area contributed by atoms with Crippen LogP contribution in [0.3, 0.4) is 0 Å². The summed E-state index contributed by atoms with van der Waals surface area (Å²) >= 11 is 17.0. The van der Waals surface area contributed by atoms with Gasteiger partial charge < -0.3 is 11.1 Å². The van der Waals surface area contributed by atoms with Crippen LogP contribution in [0.5, 0.6) is 0 Å². The Morgan fingerprint density at radius 2 is 2.10 bits per heavy atom. The highest BCUT2D eigenvalue weighted by Gasteiger charge is 2.35. The molecule has 1 rings (SSSR count). The molecule has 1 aromatic rings. The minimum atomic E-state index is -0.859. The Bertz CT molecular complexity index is 536. The molecule has 0 aliphatic heterocycles. The molecule has 20 heavy (non-hydrogen) atoms. The highest BCUT2D eigenvalue weighted by atomic mass is 35.5. The van der Waals surface area contributed by atoms with Crippen molar-refractivity contribution < 1.29 is 4.79 Å². The molecule has 0 saturated carbocycles. The monoisotopic (exact) mass is 332 g/mol. The number of nitrogens with one attached hydrogen (secondary N) is 1. The summed E-state index contributed by atoms with van der Waals surface area (Å²) in [5.41, 5.74) is 5.61. The van der Waals surface area contributed by atoms with Crippen LogP contribution in [-0.2, 0) is 4.79 Å². The lowest BCUT2D eigenvalue weighted by molar-refractivity contribution is -0.127. The number of halogens is 2. The molecule has 0 spiro atoms. The molecular weight excluding hydrogens is 315 g/mol. The van der Waals surface area contributed by atoms with Gasteiger partial charge in [0, 0.05) is 10.0 Å². The molecule has 0 fully saturated rings. The molecule has 1 aromatic carbocycles. The summed E-state index contributed by atoms with van der Waals surface area (Å²) in [6.07, 6.45) is 0.537. The standard InChI is InChI=1S/C14H18Cl2N2OS/c1-4-14(3,12(17)20)13(19)18-8(2)10-6-5-9(15)7-11(10)16/h5-8H,4H2,1-3H3,(H2,17,20)(H,18,19). The van der Waals surface area contributed by atoms with Crippen LogP contribution in [0.1, 0.15) is 38.8 Å². The molecule has 110 valence electrons. The van der Waals surface area contributed by atoms with E-state index in [-0.39, 0.29) is 16.9 Å². The van der Waals surface area contributed by atoms with Gasteiger partial charge in [0.25, 0.3) is 0 Å². The molecule has 6 heteroatoms. The summed E-state index contributed by atoms with van der Waals surface area (Å²) in [6.45, 7) is 5.46. The smallest absolute Gasteiger partial charge is 0.233 e. The van der Waals surface area contributed by atoms with Gasteiger partial charge in [0.05, 0.1) is 16.4 Å². The molecule has 0 aliphatic rings. The van der Waals surface area contributed by atoms with Gasteiger partial charge in [-0.05, 0) is 38.0 Å². The van der Waals surface area contributed by atoms with Crippen LogP contribution in [0.4, 0.5) is 0 Å². The first-order chi connectivity index (χ1) is 9.22. The third kappa shape index (κ3) is 3.62. The Kier molecular flexibility index (Phi) is 5.80. The van der Waals surface area contributed by atoms with Gasteiger partial charge in [-0.1, -0.05) is 48.4 Å². The van der Waals surface area contributed by atoms with E-state index >= 15 is 0 Å². The third-order valence-corrected chi connectivity index (χ3v) is 4.54. The zero-order valence-corrected chi connectivity index (χ0v) is 14.0. The molecule has 0 aliphatic carbocycles. The van der Waals surface area contributed by atoms with Crippen LogP contribution in [0.2, 0.25) is 10.0 Å². The minimum absolute atomic E-state index is 0.187. The molecule has 2 unspecified atom stereocenters. The van der Waals surface area contributed by atoms with Gasteiger partial charge >= 0.3 is 0 Å². The van der Waals surface area contributed by atoms with Crippen LogP contribution < -0.4 is 11.1 Å². The molecule has 0 bridgehead atoms. The molecule has 3 N–H and O–H groups in total.